The molecular weight excluding hydrogens is 217 g/mol. The number of hydrogen-bond donors (Lipinski definition) is 0. The smallest absolute Gasteiger partial charge is 0.237 e. The van der Waals surface area contributed by atoms with Crippen LogP contribution in [0, 0.1) is 5.82 Å². The average molecular weight is 230 g/mol. The Morgan fingerprint density at radius 1 is 1.40 bits per heavy atom. The monoisotopic (exact) mass is 229 g/mol. The zero-order valence-corrected chi connectivity index (χ0v) is 9.30. The first-order valence-corrected chi connectivity index (χ1v) is 5.29. The van der Waals surface area contributed by atoms with Crippen molar-refractivity contribution in [1.82, 2.24) is 4.90 Å². The highest BCUT2D eigenvalue weighted by molar-refractivity contribution is 6.27. The van der Waals surface area contributed by atoms with E-state index in [4.69, 9.17) is 11.6 Å². The minimum absolute atomic E-state index is 0.0188. The summed E-state index contributed by atoms with van der Waals surface area (Å²) in [6, 6.07) is 6.10. The van der Waals surface area contributed by atoms with E-state index < -0.39 is 0 Å². The van der Waals surface area contributed by atoms with Crippen molar-refractivity contribution in [2.24, 2.45) is 0 Å². The normalized spacial score (nSPS) is 10.1. The molecule has 0 unspecified atom stereocenters. The van der Waals surface area contributed by atoms with Crippen LogP contribution in [-0.2, 0) is 11.3 Å². The standard InChI is InChI=1S/C11H13ClFNO/c1-2-14(11(15)7-12)8-9-3-5-10(13)6-4-9/h3-6H,2,7-8H2,1H3. The number of alkyl halides is 1. The Balaban J connectivity index is 2.66. The molecule has 0 aliphatic rings. The van der Waals surface area contributed by atoms with Gasteiger partial charge in [0.25, 0.3) is 0 Å². The molecule has 82 valence electrons. The van der Waals surface area contributed by atoms with Gasteiger partial charge in [-0.25, -0.2) is 4.39 Å². The Morgan fingerprint density at radius 2 is 2.00 bits per heavy atom. The van der Waals surface area contributed by atoms with Crippen molar-refractivity contribution in [3.8, 4) is 0 Å². The number of benzene rings is 1. The summed E-state index contributed by atoms with van der Waals surface area (Å²) in [7, 11) is 0. The lowest BCUT2D eigenvalue weighted by atomic mass is 10.2. The molecule has 0 atom stereocenters. The highest BCUT2D eigenvalue weighted by Gasteiger charge is 2.10. The molecule has 1 aromatic rings. The van der Waals surface area contributed by atoms with Gasteiger partial charge < -0.3 is 4.90 Å². The van der Waals surface area contributed by atoms with Gasteiger partial charge >= 0.3 is 0 Å². The van der Waals surface area contributed by atoms with Crippen LogP contribution in [0.2, 0.25) is 0 Å². The number of carbonyl (C=O) groups is 1. The summed E-state index contributed by atoms with van der Waals surface area (Å²) >= 11 is 5.47. The Bertz CT molecular complexity index is 326. The van der Waals surface area contributed by atoms with Gasteiger partial charge in [0.1, 0.15) is 11.7 Å². The maximum absolute atomic E-state index is 12.6. The Morgan fingerprint density at radius 3 is 2.47 bits per heavy atom. The third kappa shape index (κ3) is 3.51. The minimum Gasteiger partial charge on any atom is -0.338 e. The number of hydrogen-bond acceptors (Lipinski definition) is 1. The zero-order chi connectivity index (χ0) is 11.3. The van der Waals surface area contributed by atoms with Gasteiger partial charge in [-0.3, -0.25) is 4.79 Å². The highest BCUT2D eigenvalue weighted by atomic mass is 35.5. The van der Waals surface area contributed by atoms with Crippen molar-refractivity contribution < 1.29 is 9.18 Å². The lowest BCUT2D eigenvalue weighted by molar-refractivity contribution is -0.128. The number of nitrogens with zero attached hydrogens (tertiary/aromatic N) is 1. The molecule has 0 aliphatic carbocycles. The molecule has 0 aromatic heterocycles. The molecule has 0 heterocycles. The van der Waals surface area contributed by atoms with E-state index >= 15 is 0 Å². The van der Waals surface area contributed by atoms with Crippen LogP contribution in [0.25, 0.3) is 0 Å². The quantitative estimate of drug-likeness (QED) is 0.727. The van der Waals surface area contributed by atoms with Crippen molar-refractivity contribution in [3.63, 3.8) is 0 Å². The van der Waals surface area contributed by atoms with Gasteiger partial charge in [-0.1, -0.05) is 12.1 Å². The summed E-state index contributed by atoms with van der Waals surface area (Å²) < 4.78 is 12.6. The first-order chi connectivity index (χ1) is 7.17. The summed E-state index contributed by atoms with van der Waals surface area (Å²) in [6.45, 7) is 2.96. The molecule has 1 amide bonds. The summed E-state index contributed by atoms with van der Waals surface area (Å²) in [5.74, 6) is -0.399. The van der Waals surface area contributed by atoms with E-state index in [0.29, 0.717) is 13.1 Å². The van der Waals surface area contributed by atoms with E-state index in [9.17, 15) is 9.18 Å². The van der Waals surface area contributed by atoms with Crippen LogP contribution in [0.5, 0.6) is 0 Å². The first kappa shape index (κ1) is 12.0. The van der Waals surface area contributed by atoms with E-state index in [1.54, 1.807) is 17.0 Å². The van der Waals surface area contributed by atoms with Crippen molar-refractivity contribution in [2.45, 2.75) is 13.5 Å². The molecule has 0 fully saturated rings. The second kappa shape index (κ2) is 5.71. The van der Waals surface area contributed by atoms with E-state index in [-0.39, 0.29) is 17.6 Å². The van der Waals surface area contributed by atoms with E-state index in [1.807, 2.05) is 6.92 Å². The van der Waals surface area contributed by atoms with Gasteiger partial charge in [0, 0.05) is 13.1 Å². The SMILES string of the molecule is CCN(Cc1ccc(F)cc1)C(=O)CCl. The first-order valence-electron chi connectivity index (χ1n) is 4.75. The van der Waals surface area contributed by atoms with Crippen molar-refractivity contribution in [3.05, 3.63) is 35.6 Å². The molecule has 0 N–H and O–H groups in total. The fourth-order valence-corrected chi connectivity index (χ4v) is 1.44. The molecule has 0 spiro atoms. The third-order valence-corrected chi connectivity index (χ3v) is 2.36. The van der Waals surface area contributed by atoms with Crippen LogP contribution < -0.4 is 0 Å². The largest absolute Gasteiger partial charge is 0.338 e. The molecule has 2 nitrogen and oxygen atoms in total. The molecule has 1 aromatic carbocycles. The highest BCUT2D eigenvalue weighted by Crippen LogP contribution is 2.07. The van der Waals surface area contributed by atoms with Crippen LogP contribution >= 0.6 is 11.6 Å². The number of carbonyl (C=O) groups excluding carboxylic acids is 1. The predicted molar refractivity (Wildman–Crippen MR) is 58.2 cm³/mol. The van der Waals surface area contributed by atoms with Crippen LogP contribution in [0.4, 0.5) is 4.39 Å². The van der Waals surface area contributed by atoms with Crippen LogP contribution in [0.1, 0.15) is 12.5 Å². The molecule has 15 heavy (non-hydrogen) atoms. The zero-order valence-electron chi connectivity index (χ0n) is 8.54. The van der Waals surface area contributed by atoms with Gasteiger partial charge in [0.15, 0.2) is 0 Å². The number of rotatable bonds is 4. The summed E-state index contributed by atoms with van der Waals surface area (Å²) in [5, 5.41) is 0. The van der Waals surface area contributed by atoms with Crippen molar-refractivity contribution in [1.29, 1.82) is 0 Å². The average Bonchev–Trinajstić information content (AvgIpc) is 2.27. The minimum atomic E-state index is -0.273. The number of halogens is 2. The van der Waals surface area contributed by atoms with Gasteiger partial charge in [-0.2, -0.15) is 0 Å². The maximum atomic E-state index is 12.6. The molecule has 4 heteroatoms. The maximum Gasteiger partial charge on any atom is 0.237 e. The third-order valence-electron chi connectivity index (χ3n) is 2.14. The molecule has 0 bridgehead atoms. The topological polar surface area (TPSA) is 20.3 Å². The van der Waals surface area contributed by atoms with Crippen molar-refractivity contribution >= 4 is 17.5 Å². The van der Waals surface area contributed by atoms with Gasteiger partial charge in [-0.15, -0.1) is 11.6 Å². The lowest BCUT2D eigenvalue weighted by Gasteiger charge is -2.19. The molecule has 0 radical (unpaired) electrons. The molecular formula is C11H13ClFNO. The lowest BCUT2D eigenvalue weighted by Crippen LogP contribution is -2.31. The Kier molecular flexibility index (Phi) is 4.56. The van der Waals surface area contributed by atoms with Gasteiger partial charge in [-0.05, 0) is 24.6 Å². The van der Waals surface area contributed by atoms with Crippen LogP contribution in [0.15, 0.2) is 24.3 Å². The van der Waals surface area contributed by atoms with E-state index in [2.05, 4.69) is 0 Å². The second-order valence-electron chi connectivity index (χ2n) is 3.17. The fourth-order valence-electron chi connectivity index (χ4n) is 1.27. The summed E-state index contributed by atoms with van der Waals surface area (Å²) in [6.07, 6.45) is 0. The van der Waals surface area contributed by atoms with Crippen molar-refractivity contribution in [2.75, 3.05) is 12.4 Å². The molecule has 0 saturated carbocycles. The summed E-state index contributed by atoms with van der Waals surface area (Å²) in [4.78, 5) is 13.0. The van der Waals surface area contributed by atoms with Gasteiger partial charge in [0.2, 0.25) is 5.91 Å². The fraction of sp³-hybridized carbons (Fsp3) is 0.364. The van der Waals surface area contributed by atoms with Crippen LogP contribution in [0.3, 0.4) is 0 Å². The van der Waals surface area contributed by atoms with Gasteiger partial charge in [0.05, 0.1) is 0 Å². The molecule has 0 saturated heterocycles. The van der Waals surface area contributed by atoms with E-state index in [0.717, 1.165) is 5.56 Å². The second-order valence-corrected chi connectivity index (χ2v) is 3.44. The van der Waals surface area contributed by atoms with Crippen LogP contribution in [-0.4, -0.2) is 23.2 Å². The van der Waals surface area contributed by atoms with E-state index in [1.165, 1.54) is 12.1 Å². The molecule has 0 aliphatic heterocycles. The Labute approximate surface area is 93.6 Å². The summed E-state index contributed by atoms with van der Waals surface area (Å²) in [5.41, 5.74) is 0.900. The number of amides is 1. The molecule has 1 rings (SSSR count). The predicted octanol–water partition coefficient (Wildman–Crippen LogP) is 2.41. The Hall–Kier alpha value is -1.09.